The van der Waals surface area contributed by atoms with Crippen LogP contribution in [0.5, 0.6) is 5.75 Å². The molecule has 0 spiro atoms. The van der Waals surface area contributed by atoms with E-state index < -0.39 is 0 Å². The van der Waals surface area contributed by atoms with E-state index in [4.69, 9.17) is 16.3 Å². The Morgan fingerprint density at radius 1 is 0.941 bits per heavy atom. The molecule has 2 amide bonds. The van der Waals surface area contributed by atoms with E-state index in [0.717, 1.165) is 16.3 Å². The van der Waals surface area contributed by atoms with Crippen molar-refractivity contribution in [1.82, 2.24) is 4.98 Å². The fourth-order valence-corrected chi connectivity index (χ4v) is 4.19. The van der Waals surface area contributed by atoms with Gasteiger partial charge in [-0.25, -0.2) is 4.98 Å². The van der Waals surface area contributed by atoms with Gasteiger partial charge in [0.25, 0.3) is 5.91 Å². The molecule has 0 bridgehead atoms. The second-order valence-corrected chi connectivity index (χ2v) is 8.63. The first kappa shape index (κ1) is 23.5. The Bertz CT molecular complexity index is 1290. The minimum Gasteiger partial charge on any atom is -0.494 e. The SMILES string of the molecule is CCOc1ccc(-c2nc(CC(=O)Nc3ccccc3NC(=O)c3ccc(Cl)cc3)cs2)cc1. The molecule has 0 aliphatic carbocycles. The number of benzene rings is 3. The minimum atomic E-state index is -0.294. The van der Waals surface area contributed by atoms with Crippen LogP contribution in [0.1, 0.15) is 23.0 Å². The number of para-hydroxylation sites is 2. The Morgan fingerprint density at radius 3 is 2.29 bits per heavy atom. The fraction of sp³-hybridized carbons (Fsp3) is 0.115. The van der Waals surface area contributed by atoms with Gasteiger partial charge in [0.15, 0.2) is 0 Å². The van der Waals surface area contributed by atoms with Crippen LogP contribution >= 0.6 is 22.9 Å². The summed E-state index contributed by atoms with van der Waals surface area (Å²) in [5.74, 6) is 0.291. The number of amides is 2. The number of hydrogen-bond donors (Lipinski definition) is 2. The van der Waals surface area contributed by atoms with Crippen LogP contribution in [0.3, 0.4) is 0 Å². The van der Waals surface area contributed by atoms with Crippen molar-refractivity contribution in [3.63, 3.8) is 0 Å². The lowest BCUT2D eigenvalue weighted by molar-refractivity contribution is -0.115. The van der Waals surface area contributed by atoms with Crippen molar-refractivity contribution < 1.29 is 14.3 Å². The van der Waals surface area contributed by atoms with Crippen LogP contribution in [0.15, 0.2) is 78.2 Å². The molecule has 0 radical (unpaired) electrons. The number of halogens is 1. The number of anilines is 2. The number of nitrogens with one attached hydrogen (secondary N) is 2. The lowest BCUT2D eigenvalue weighted by atomic mass is 10.2. The minimum absolute atomic E-state index is 0.118. The molecule has 0 fully saturated rings. The predicted molar refractivity (Wildman–Crippen MR) is 137 cm³/mol. The average Bonchev–Trinajstić information content (AvgIpc) is 3.29. The van der Waals surface area contributed by atoms with E-state index in [1.165, 1.54) is 11.3 Å². The largest absolute Gasteiger partial charge is 0.494 e. The molecule has 3 aromatic carbocycles. The Labute approximate surface area is 206 Å². The first-order valence-corrected chi connectivity index (χ1v) is 11.9. The van der Waals surface area contributed by atoms with Gasteiger partial charge in [0.05, 0.1) is 30.1 Å². The van der Waals surface area contributed by atoms with Gasteiger partial charge in [-0.15, -0.1) is 11.3 Å². The molecule has 34 heavy (non-hydrogen) atoms. The lowest BCUT2D eigenvalue weighted by Crippen LogP contribution is -2.18. The zero-order chi connectivity index (χ0) is 23.9. The normalized spacial score (nSPS) is 10.5. The molecule has 0 saturated heterocycles. The third-order valence-electron chi connectivity index (χ3n) is 4.86. The number of aromatic nitrogens is 1. The van der Waals surface area contributed by atoms with Crippen LogP contribution in [0.4, 0.5) is 11.4 Å². The van der Waals surface area contributed by atoms with Gasteiger partial charge in [-0.1, -0.05) is 23.7 Å². The maximum Gasteiger partial charge on any atom is 0.255 e. The summed E-state index contributed by atoms with van der Waals surface area (Å²) < 4.78 is 5.47. The van der Waals surface area contributed by atoms with Gasteiger partial charge in [0, 0.05) is 21.5 Å². The van der Waals surface area contributed by atoms with Crippen molar-refractivity contribution >= 4 is 46.1 Å². The van der Waals surface area contributed by atoms with Gasteiger partial charge < -0.3 is 15.4 Å². The van der Waals surface area contributed by atoms with Gasteiger partial charge in [-0.05, 0) is 67.6 Å². The molecule has 8 heteroatoms. The van der Waals surface area contributed by atoms with Gasteiger partial charge in [-0.3, -0.25) is 9.59 Å². The zero-order valence-electron chi connectivity index (χ0n) is 18.4. The molecule has 0 unspecified atom stereocenters. The van der Waals surface area contributed by atoms with Crippen LogP contribution in [-0.4, -0.2) is 23.4 Å². The molecule has 1 heterocycles. The van der Waals surface area contributed by atoms with E-state index in [1.54, 1.807) is 48.5 Å². The number of carbonyl (C=O) groups excluding carboxylic acids is 2. The zero-order valence-corrected chi connectivity index (χ0v) is 20.0. The molecule has 172 valence electrons. The third kappa shape index (κ3) is 6.01. The molecule has 4 rings (SSSR count). The summed E-state index contributed by atoms with van der Waals surface area (Å²) in [5, 5.41) is 8.96. The van der Waals surface area contributed by atoms with Crippen LogP contribution in [0.2, 0.25) is 5.02 Å². The molecular weight excluding hydrogens is 470 g/mol. The number of carbonyl (C=O) groups is 2. The van der Waals surface area contributed by atoms with Crippen LogP contribution in [0.25, 0.3) is 10.6 Å². The molecular formula is C26H22ClN3O3S. The van der Waals surface area contributed by atoms with Crippen molar-refractivity contribution in [1.29, 1.82) is 0 Å². The highest BCUT2D eigenvalue weighted by molar-refractivity contribution is 7.13. The average molecular weight is 492 g/mol. The summed E-state index contributed by atoms with van der Waals surface area (Å²) in [4.78, 5) is 29.9. The van der Waals surface area contributed by atoms with E-state index >= 15 is 0 Å². The first-order chi connectivity index (χ1) is 16.5. The summed E-state index contributed by atoms with van der Waals surface area (Å²) in [7, 11) is 0. The number of rotatable bonds is 8. The molecule has 0 saturated carbocycles. The van der Waals surface area contributed by atoms with Crippen molar-refractivity contribution in [3.05, 3.63) is 94.5 Å². The van der Waals surface area contributed by atoms with E-state index in [2.05, 4.69) is 15.6 Å². The maximum atomic E-state index is 12.7. The van der Waals surface area contributed by atoms with Gasteiger partial charge >= 0.3 is 0 Å². The van der Waals surface area contributed by atoms with Crippen LogP contribution < -0.4 is 15.4 Å². The number of ether oxygens (including phenoxy) is 1. The fourth-order valence-electron chi connectivity index (χ4n) is 3.24. The van der Waals surface area contributed by atoms with Crippen molar-refractivity contribution in [3.8, 4) is 16.3 Å². The topological polar surface area (TPSA) is 80.3 Å². The van der Waals surface area contributed by atoms with Crippen molar-refractivity contribution in [2.24, 2.45) is 0 Å². The standard InChI is InChI=1S/C26H22ClN3O3S/c1-2-33-21-13-9-18(10-14-21)26-28-20(16-34-26)15-24(31)29-22-5-3-4-6-23(22)30-25(32)17-7-11-19(27)12-8-17/h3-14,16H,2,15H2,1H3,(H,29,31)(H,30,32). The van der Waals surface area contributed by atoms with E-state index in [-0.39, 0.29) is 18.2 Å². The monoisotopic (exact) mass is 491 g/mol. The number of thiazole rings is 1. The molecule has 0 aliphatic heterocycles. The van der Waals surface area contributed by atoms with Gasteiger partial charge in [0.2, 0.25) is 5.91 Å². The predicted octanol–water partition coefficient (Wildman–Crippen LogP) is 6.30. The highest BCUT2D eigenvalue weighted by Crippen LogP contribution is 2.27. The highest BCUT2D eigenvalue weighted by Gasteiger charge is 2.13. The molecule has 0 aliphatic rings. The Hall–Kier alpha value is -3.68. The maximum absolute atomic E-state index is 12.7. The van der Waals surface area contributed by atoms with E-state index in [0.29, 0.717) is 34.3 Å². The van der Waals surface area contributed by atoms with Crippen LogP contribution in [0, 0.1) is 0 Å². The molecule has 4 aromatic rings. The Kier molecular flexibility index (Phi) is 7.57. The van der Waals surface area contributed by atoms with Crippen molar-refractivity contribution in [2.45, 2.75) is 13.3 Å². The summed E-state index contributed by atoms with van der Waals surface area (Å²) >= 11 is 7.37. The van der Waals surface area contributed by atoms with E-state index in [9.17, 15) is 9.59 Å². The van der Waals surface area contributed by atoms with Crippen LogP contribution in [-0.2, 0) is 11.2 Å². The highest BCUT2D eigenvalue weighted by atomic mass is 35.5. The Balaban J connectivity index is 1.40. The number of hydrogen-bond acceptors (Lipinski definition) is 5. The first-order valence-electron chi connectivity index (χ1n) is 10.7. The summed E-state index contributed by atoms with van der Waals surface area (Å²) in [6.45, 7) is 2.56. The summed E-state index contributed by atoms with van der Waals surface area (Å²) in [6, 6.07) is 21.4. The smallest absolute Gasteiger partial charge is 0.255 e. The summed E-state index contributed by atoms with van der Waals surface area (Å²) in [5.41, 5.74) is 3.13. The molecule has 1 aromatic heterocycles. The second-order valence-electron chi connectivity index (χ2n) is 7.33. The third-order valence-corrected chi connectivity index (χ3v) is 6.05. The molecule has 0 atom stereocenters. The van der Waals surface area contributed by atoms with Gasteiger partial charge in [-0.2, -0.15) is 0 Å². The second kappa shape index (κ2) is 11.0. The molecule has 6 nitrogen and oxygen atoms in total. The Morgan fingerprint density at radius 2 is 1.62 bits per heavy atom. The quantitative estimate of drug-likeness (QED) is 0.303. The van der Waals surface area contributed by atoms with Crippen molar-refractivity contribution in [2.75, 3.05) is 17.2 Å². The number of nitrogens with zero attached hydrogens (tertiary/aromatic N) is 1. The summed E-state index contributed by atoms with van der Waals surface area (Å²) in [6.07, 6.45) is 0.118. The molecule has 2 N–H and O–H groups in total. The van der Waals surface area contributed by atoms with E-state index in [1.807, 2.05) is 36.6 Å². The lowest BCUT2D eigenvalue weighted by Gasteiger charge is -2.12. The van der Waals surface area contributed by atoms with Gasteiger partial charge in [0.1, 0.15) is 10.8 Å².